The number of hydrogen-bond acceptors (Lipinski definition) is 3. The van der Waals surface area contributed by atoms with Crippen molar-refractivity contribution in [2.75, 3.05) is 0 Å². The number of aliphatic carboxylic acids is 1. The van der Waals surface area contributed by atoms with Gasteiger partial charge in [0.05, 0.1) is 17.4 Å². The number of carbonyl (C=O) groups is 2. The predicted octanol–water partition coefficient (Wildman–Crippen LogP) is 0.0001000. The Balaban J connectivity index is 0.000000980. The van der Waals surface area contributed by atoms with Crippen molar-refractivity contribution >= 4 is 53.2 Å². The molecule has 0 bridgehead atoms. The molecule has 0 aromatic heterocycles. The number of β-lactam (4-membered cyclic amide) rings is 1. The van der Waals surface area contributed by atoms with Crippen molar-refractivity contribution in [3.63, 3.8) is 0 Å². The average Bonchev–Trinajstić information content (AvgIpc) is 2.02. The summed E-state index contributed by atoms with van der Waals surface area (Å²) in [5.74, 6) is -0.915. The Morgan fingerprint density at radius 3 is 2.86 bits per heavy atom. The molecule has 0 aromatic carbocycles. The minimum absolute atomic E-state index is 0. The van der Waals surface area contributed by atoms with Crippen LogP contribution in [0.15, 0.2) is 11.8 Å². The molecule has 0 spiro atoms. The fourth-order valence-electron chi connectivity index (χ4n) is 1.46. The second-order valence-electron chi connectivity index (χ2n) is 3.13. The maximum absolute atomic E-state index is 11.0. The molecule has 1 fully saturated rings. The third-order valence-corrected chi connectivity index (χ3v) is 3.64. The Hall–Kier alpha value is 0.0300. The van der Waals surface area contributed by atoms with Gasteiger partial charge in [-0.15, -0.1) is 11.8 Å². The van der Waals surface area contributed by atoms with Gasteiger partial charge in [0.2, 0.25) is 5.91 Å². The molecular formula is C8H10NNaO3S. The summed E-state index contributed by atoms with van der Waals surface area (Å²) >= 11 is 1.53. The van der Waals surface area contributed by atoms with Gasteiger partial charge < -0.3 is 10.0 Å². The number of fused-ring (bicyclic) bond motifs is 1. The molecule has 72 valence electrons. The Labute approximate surface area is 108 Å². The van der Waals surface area contributed by atoms with Gasteiger partial charge in [-0.1, -0.05) is 0 Å². The van der Waals surface area contributed by atoms with Crippen molar-refractivity contribution in [3.05, 3.63) is 11.8 Å². The van der Waals surface area contributed by atoms with Crippen LogP contribution in [0, 0.1) is 0 Å². The summed E-state index contributed by atoms with van der Waals surface area (Å²) in [5.41, 5.74) is 0.314. The van der Waals surface area contributed by atoms with Crippen molar-refractivity contribution in [2.24, 2.45) is 0 Å². The van der Waals surface area contributed by atoms with E-state index in [2.05, 4.69) is 0 Å². The quantitative estimate of drug-likeness (QED) is 0.502. The summed E-state index contributed by atoms with van der Waals surface area (Å²) in [4.78, 5) is 23.3. The number of amides is 1. The number of carboxylic acid groups (broad SMARTS) is 1. The van der Waals surface area contributed by atoms with Gasteiger partial charge in [0.15, 0.2) is 0 Å². The fraction of sp³-hybridized carbons (Fsp3) is 0.500. The number of hydrogen-bond donors (Lipinski definition) is 1. The molecule has 1 unspecified atom stereocenters. The Kier molecular flexibility index (Phi) is 3.69. The first-order valence-corrected chi connectivity index (χ1v) is 4.95. The fourth-order valence-corrected chi connectivity index (χ4v) is 2.79. The maximum atomic E-state index is 11.0. The molecule has 6 heteroatoms. The third-order valence-electron chi connectivity index (χ3n) is 2.27. The minimum atomic E-state index is -0.932. The normalized spacial score (nSPS) is 29.6. The van der Waals surface area contributed by atoms with Crippen LogP contribution in [0.5, 0.6) is 0 Å². The zero-order chi connectivity index (χ0) is 9.59. The third kappa shape index (κ3) is 1.86. The van der Waals surface area contributed by atoms with Crippen molar-refractivity contribution in [3.8, 4) is 0 Å². The van der Waals surface area contributed by atoms with Gasteiger partial charge >= 0.3 is 35.5 Å². The van der Waals surface area contributed by atoms with Crippen molar-refractivity contribution < 1.29 is 14.7 Å². The number of rotatable bonds is 1. The van der Waals surface area contributed by atoms with Crippen LogP contribution >= 0.6 is 11.8 Å². The molecule has 1 amide bonds. The van der Waals surface area contributed by atoms with E-state index >= 15 is 0 Å². The van der Waals surface area contributed by atoms with Crippen LogP contribution in [-0.2, 0) is 9.59 Å². The first-order valence-electron chi connectivity index (χ1n) is 4.01. The summed E-state index contributed by atoms with van der Waals surface area (Å²) < 4.78 is 0. The van der Waals surface area contributed by atoms with Crippen LogP contribution in [-0.4, -0.2) is 62.1 Å². The first-order chi connectivity index (χ1) is 6.09. The Bertz CT molecular complexity index is 318. The van der Waals surface area contributed by atoms with E-state index < -0.39 is 5.97 Å². The van der Waals surface area contributed by atoms with Crippen LogP contribution < -0.4 is 0 Å². The predicted molar refractivity (Wildman–Crippen MR) is 55.2 cm³/mol. The molecule has 0 radical (unpaired) electrons. The number of carbonyl (C=O) groups excluding carboxylic acids is 1. The molecule has 2 aliphatic rings. The molecule has 2 heterocycles. The van der Waals surface area contributed by atoms with E-state index in [1.165, 1.54) is 22.9 Å². The Morgan fingerprint density at radius 1 is 1.71 bits per heavy atom. The summed E-state index contributed by atoms with van der Waals surface area (Å²) in [6.45, 7) is 1.85. The number of nitrogens with zero attached hydrogens (tertiary/aromatic N) is 1. The number of thioether (sulfide) groups is 1. The van der Waals surface area contributed by atoms with E-state index in [1.54, 1.807) is 0 Å². The topological polar surface area (TPSA) is 57.6 Å². The average molecular weight is 223 g/mol. The van der Waals surface area contributed by atoms with E-state index in [4.69, 9.17) is 5.11 Å². The molecule has 2 atom stereocenters. The summed E-state index contributed by atoms with van der Waals surface area (Å²) in [6.07, 6.45) is 2.01. The van der Waals surface area contributed by atoms with E-state index in [0.717, 1.165) is 0 Å². The number of carboxylic acids is 1. The molecule has 2 aliphatic heterocycles. The van der Waals surface area contributed by atoms with Gasteiger partial charge in [0.1, 0.15) is 0 Å². The van der Waals surface area contributed by atoms with Gasteiger partial charge in [0.25, 0.3) is 0 Å². The SMILES string of the molecule is CC1S[C@@H]2CC(=O)N2C=C1C(=O)O.[NaH]. The summed E-state index contributed by atoms with van der Waals surface area (Å²) in [6, 6.07) is 0. The van der Waals surface area contributed by atoms with E-state index in [1.807, 2.05) is 6.92 Å². The molecule has 1 saturated heterocycles. The van der Waals surface area contributed by atoms with E-state index in [9.17, 15) is 9.59 Å². The standard InChI is InChI=1S/C8H9NO3S.Na.H/c1-4-5(8(11)12)3-9-6(10)2-7(9)13-4;;/h3-4,7H,2H2,1H3,(H,11,12);;/t4?,7-;;/m1../s1. The van der Waals surface area contributed by atoms with Gasteiger partial charge in [-0.05, 0) is 6.92 Å². The van der Waals surface area contributed by atoms with Crippen molar-refractivity contribution in [1.29, 1.82) is 0 Å². The molecule has 1 N–H and O–H groups in total. The van der Waals surface area contributed by atoms with Crippen LogP contribution in [0.1, 0.15) is 13.3 Å². The van der Waals surface area contributed by atoms with Gasteiger partial charge in [0, 0.05) is 11.4 Å². The van der Waals surface area contributed by atoms with Crippen molar-refractivity contribution in [2.45, 2.75) is 24.0 Å². The summed E-state index contributed by atoms with van der Waals surface area (Å²) in [5, 5.41) is 8.95. The molecular weight excluding hydrogens is 213 g/mol. The molecule has 4 nitrogen and oxygen atoms in total. The monoisotopic (exact) mass is 223 g/mol. The molecule has 0 aliphatic carbocycles. The zero-order valence-corrected chi connectivity index (χ0v) is 7.87. The molecule has 0 aromatic rings. The van der Waals surface area contributed by atoms with Gasteiger partial charge in [-0.25, -0.2) is 4.79 Å². The second-order valence-corrected chi connectivity index (χ2v) is 4.65. The van der Waals surface area contributed by atoms with Gasteiger partial charge in [-0.3, -0.25) is 4.79 Å². The zero-order valence-electron chi connectivity index (χ0n) is 7.06. The van der Waals surface area contributed by atoms with Crippen LogP contribution in [0.3, 0.4) is 0 Å². The molecule has 2 rings (SSSR count). The summed E-state index contributed by atoms with van der Waals surface area (Å²) in [7, 11) is 0. The van der Waals surface area contributed by atoms with Crippen LogP contribution in [0.4, 0.5) is 0 Å². The first kappa shape index (κ1) is 12.1. The van der Waals surface area contributed by atoms with Gasteiger partial charge in [-0.2, -0.15) is 0 Å². The van der Waals surface area contributed by atoms with Crippen LogP contribution in [0.2, 0.25) is 0 Å². The Morgan fingerprint density at radius 2 is 2.36 bits per heavy atom. The van der Waals surface area contributed by atoms with Crippen molar-refractivity contribution in [1.82, 2.24) is 4.90 Å². The molecule has 0 saturated carbocycles. The van der Waals surface area contributed by atoms with Crippen LogP contribution in [0.25, 0.3) is 0 Å². The van der Waals surface area contributed by atoms with E-state index in [0.29, 0.717) is 12.0 Å². The van der Waals surface area contributed by atoms with E-state index in [-0.39, 0.29) is 46.1 Å². The molecule has 14 heavy (non-hydrogen) atoms. The second kappa shape index (κ2) is 4.26.